The van der Waals surface area contributed by atoms with Gasteiger partial charge in [0.15, 0.2) is 0 Å². The van der Waals surface area contributed by atoms with E-state index in [9.17, 15) is 14.9 Å². The second-order valence-corrected chi connectivity index (χ2v) is 3.66. The summed E-state index contributed by atoms with van der Waals surface area (Å²) in [6.07, 6.45) is 0. The number of amides is 1. The van der Waals surface area contributed by atoms with Crippen LogP contribution in [-0.4, -0.2) is 31.0 Å². The van der Waals surface area contributed by atoms with E-state index in [1.165, 1.54) is 26.3 Å². The molecule has 0 saturated heterocycles. The number of nitrogens with zero attached hydrogens (tertiary/aromatic N) is 1. The quantitative estimate of drug-likeness (QED) is 0.606. The lowest BCUT2D eigenvalue weighted by molar-refractivity contribution is -0.384. The van der Waals surface area contributed by atoms with Gasteiger partial charge in [0.1, 0.15) is 11.8 Å². The minimum atomic E-state index is -0.516. The first-order valence-corrected chi connectivity index (χ1v) is 5.29. The highest BCUT2D eigenvalue weighted by Gasteiger charge is 2.14. The van der Waals surface area contributed by atoms with Gasteiger partial charge in [0.25, 0.3) is 5.69 Å². The second kappa shape index (κ2) is 5.85. The SMILES string of the molecule is CNC(=O)C(C)Nc1cc(OC)cc([N+](=O)[O-])c1. The van der Waals surface area contributed by atoms with Gasteiger partial charge >= 0.3 is 0 Å². The third kappa shape index (κ3) is 3.34. The van der Waals surface area contributed by atoms with Gasteiger partial charge in [-0.25, -0.2) is 0 Å². The number of ether oxygens (including phenoxy) is 1. The van der Waals surface area contributed by atoms with Crippen LogP contribution in [0.2, 0.25) is 0 Å². The Morgan fingerprint density at radius 3 is 2.61 bits per heavy atom. The number of nitrogens with one attached hydrogen (secondary N) is 2. The maximum atomic E-state index is 11.4. The molecule has 0 aliphatic carbocycles. The summed E-state index contributed by atoms with van der Waals surface area (Å²) in [6.45, 7) is 1.66. The predicted molar refractivity (Wildman–Crippen MR) is 66.8 cm³/mol. The molecule has 1 rings (SSSR count). The number of nitro groups is 1. The van der Waals surface area contributed by atoms with Crippen LogP contribution < -0.4 is 15.4 Å². The van der Waals surface area contributed by atoms with Crippen molar-refractivity contribution in [3.8, 4) is 5.75 Å². The van der Waals surface area contributed by atoms with Gasteiger partial charge in [-0.05, 0) is 6.92 Å². The van der Waals surface area contributed by atoms with E-state index >= 15 is 0 Å². The normalized spacial score (nSPS) is 11.5. The Labute approximate surface area is 104 Å². The lowest BCUT2D eigenvalue weighted by Gasteiger charge is -2.14. The van der Waals surface area contributed by atoms with E-state index in [4.69, 9.17) is 4.74 Å². The van der Waals surface area contributed by atoms with Crippen molar-refractivity contribution in [2.45, 2.75) is 13.0 Å². The molecule has 1 aromatic rings. The van der Waals surface area contributed by atoms with Gasteiger partial charge in [0.2, 0.25) is 5.91 Å². The molecule has 0 aromatic heterocycles. The summed E-state index contributed by atoms with van der Waals surface area (Å²) < 4.78 is 4.97. The Morgan fingerprint density at radius 1 is 1.44 bits per heavy atom. The molecule has 0 fully saturated rings. The van der Waals surface area contributed by atoms with Crippen LogP contribution in [0, 0.1) is 10.1 Å². The Kier molecular flexibility index (Phi) is 4.47. The molecule has 7 heteroatoms. The Bertz CT molecular complexity index is 462. The number of nitro benzene ring substituents is 1. The predicted octanol–water partition coefficient (Wildman–Crippen LogP) is 1.15. The molecular formula is C11H15N3O4. The smallest absolute Gasteiger partial charge is 0.275 e. The molecule has 0 bridgehead atoms. The van der Waals surface area contributed by atoms with Crippen molar-refractivity contribution < 1.29 is 14.5 Å². The zero-order valence-electron chi connectivity index (χ0n) is 10.4. The average molecular weight is 253 g/mol. The molecule has 0 spiro atoms. The van der Waals surface area contributed by atoms with Gasteiger partial charge in [-0.15, -0.1) is 0 Å². The van der Waals surface area contributed by atoms with E-state index in [1.807, 2.05) is 0 Å². The molecule has 0 heterocycles. The number of carbonyl (C=O) groups excluding carboxylic acids is 1. The van der Waals surface area contributed by atoms with Crippen molar-refractivity contribution in [2.75, 3.05) is 19.5 Å². The first-order valence-electron chi connectivity index (χ1n) is 5.29. The number of benzene rings is 1. The van der Waals surface area contributed by atoms with Crippen molar-refractivity contribution in [1.29, 1.82) is 0 Å². The number of hydrogen-bond donors (Lipinski definition) is 2. The molecule has 1 unspecified atom stereocenters. The van der Waals surface area contributed by atoms with Crippen LogP contribution in [0.3, 0.4) is 0 Å². The van der Waals surface area contributed by atoms with Gasteiger partial charge in [-0.2, -0.15) is 0 Å². The van der Waals surface area contributed by atoms with Crippen molar-refractivity contribution >= 4 is 17.3 Å². The Morgan fingerprint density at radius 2 is 2.11 bits per heavy atom. The van der Waals surface area contributed by atoms with E-state index in [0.717, 1.165) is 0 Å². The molecule has 98 valence electrons. The fraction of sp³-hybridized carbons (Fsp3) is 0.364. The molecule has 7 nitrogen and oxygen atoms in total. The minimum Gasteiger partial charge on any atom is -0.496 e. The van der Waals surface area contributed by atoms with E-state index in [2.05, 4.69) is 10.6 Å². The summed E-state index contributed by atoms with van der Waals surface area (Å²) in [5, 5.41) is 16.1. The van der Waals surface area contributed by atoms with Gasteiger partial charge in [-0.1, -0.05) is 0 Å². The van der Waals surface area contributed by atoms with Crippen LogP contribution in [0.5, 0.6) is 5.75 Å². The maximum absolute atomic E-state index is 11.4. The second-order valence-electron chi connectivity index (χ2n) is 3.66. The first kappa shape index (κ1) is 13.8. The highest BCUT2D eigenvalue weighted by atomic mass is 16.6. The van der Waals surface area contributed by atoms with Gasteiger partial charge in [0.05, 0.1) is 18.1 Å². The van der Waals surface area contributed by atoms with E-state index in [1.54, 1.807) is 13.0 Å². The van der Waals surface area contributed by atoms with Crippen molar-refractivity contribution in [3.05, 3.63) is 28.3 Å². The summed E-state index contributed by atoms with van der Waals surface area (Å²) in [5.74, 6) is 0.149. The van der Waals surface area contributed by atoms with Gasteiger partial charge in [0, 0.05) is 24.9 Å². The van der Waals surface area contributed by atoms with E-state index in [-0.39, 0.29) is 11.6 Å². The topological polar surface area (TPSA) is 93.5 Å². The Hall–Kier alpha value is -2.31. The van der Waals surface area contributed by atoms with E-state index < -0.39 is 11.0 Å². The monoisotopic (exact) mass is 253 g/mol. The number of hydrogen-bond acceptors (Lipinski definition) is 5. The largest absolute Gasteiger partial charge is 0.496 e. The molecule has 18 heavy (non-hydrogen) atoms. The van der Waals surface area contributed by atoms with Crippen LogP contribution in [0.1, 0.15) is 6.92 Å². The summed E-state index contributed by atoms with van der Waals surface area (Å²) >= 11 is 0. The number of likely N-dealkylation sites (N-methyl/N-ethyl adjacent to an activating group) is 1. The van der Waals surface area contributed by atoms with Crippen LogP contribution >= 0.6 is 0 Å². The minimum absolute atomic E-state index is 0.0963. The number of non-ortho nitro benzene ring substituents is 1. The van der Waals surface area contributed by atoms with Crippen molar-refractivity contribution in [1.82, 2.24) is 5.32 Å². The third-order valence-corrected chi connectivity index (χ3v) is 2.36. The van der Waals surface area contributed by atoms with Crippen LogP contribution in [0.15, 0.2) is 18.2 Å². The summed E-state index contributed by atoms with van der Waals surface area (Å²) in [5.41, 5.74) is 0.359. The zero-order chi connectivity index (χ0) is 13.7. The standard InChI is InChI=1S/C11H15N3O4/c1-7(11(15)12-2)13-8-4-9(14(16)17)6-10(5-8)18-3/h4-7,13H,1-3H3,(H,12,15). The van der Waals surface area contributed by atoms with Crippen LogP contribution in [0.25, 0.3) is 0 Å². The number of rotatable bonds is 5. The van der Waals surface area contributed by atoms with Crippen molar-refractivity contribution in [2.24, 2.45) is 0 Å². The van der Waals surface area contributed by atoms with Crippen LogP contribution in [-0.2, 0) is 4.79 Å². The fourth-order valence-electron chi connectivity index (χ4n) is 1.42. The molecule has 0 aliphatic heterocycles. The average Bonchev–Trinajstić information content (AvgIpc) is 2.36. The summed E-state index contributed by atoms with van der Waals surface area (Å²) in [4.78, 5) is 21.6. The molecule has 1 amide bonds. The highest BCUT2D eigenvalue weighted by molar-refractivity contribution is 5.84. The first-order chi connectivity index (χ1) is 8.47. The maximum Gasteiger partial charge on any atom is 0.275 e. The van der Waals surface area contributed by atoms with Crippen LogP contribution in [0.4, 0.5) is 11.4 Å². The van der Waals surface area contributed by atoms with Crippen molar-refractivity contribution in [3.63, 3.8) is 0 Å². The third-order valence-electron chi connectivity index (χ3n) is 2.36. The lowest BCUT2D eigenvalue weighted by Crippen LogP contribution is -2.35. The number of carbonyl (C=O) groups is 1. The molecule has 1 aromatic carbocycles. The molecule has 0 radical (unpaired) electrons. The molecule has 2 N–H and O–H groups in total. The number of anilines is 1. The molecular weight excluding hydrogens is 238 g/mol. The van der Waals surface area contributed by atoms with E-state index in [0.29, 0.717) is 11.4 Å². The molecule has 0 saturated carbocycles. The zero-order valence-corrected chi connectivity index (χ0v) is 10.4. The summed E-state index contributed by atoms with van der Waals surface area (Å²) in [6, 6.07) is 3.76. The molecule has 1 atom stereocenters. The summed E-state index contributed by atoms with van der Waals surface area (Å²) in [7, 11) is 2.94. The Balaban J connectivity index is 2.98. The number of methoxy groups -OCH3 is 1. The van der Waals surface area contributed by atoms with Gasteiger partial charge in [-0.3, -0.25) is 14.9 Å². The fourth-order valence-corrected chi connectivity index (χ4v) is 1.42. The lowest BCUT2D eigenvalue weighted by atomic mass is 10.2. The van der Waals surface area contributed by atoms with Gasteiger partial charge < -0.3 is 15.4 Å². The molecule has 0 aliphatic rings. The highest BCUT2D eigenvalue weighted by Crippen LogP contribution is 2.26.